The Morgan fingerprint density at radius 2 is 2.21 bits per heavy atom. The van der Waals surface area contributed by atoms with E-state index < -0.39 is 0 Å². The Morgan fingerprint density at radius 3 is 2.89 bits per heavy atom. The van der Waals surface area contributed by atoms with E-state index in [1.165, 1.54) is 10.5 Å². The van der Waals surface area contributed by atoms with Crippen molar-refractivity contribution in [3.63, 3.8) is 0 Å². The van der Waals surface area contributed by atoms with Crippen LogP contribution in [-0.2, 0) is 11.2 Å². The van der Waals surface area contributed by atoms with Crippen molar-refractivity contribution in [1.29, 1.82) is 0 Å². The van der Waals surface area contributed by atoms with Crippen molar-refractivity contribution in [2.24, 2.45) is 0 Å². The van der Waals surface area contributed by atoms with Gasteiger partial charge in [0, 0.05) is 4.90 Å². The van der Waals surface area contributed by atoms with Gasteiger partial charge in [-0.1, -0.05) is 18.2 Å². The standard InChI is InChI=1S/C14H14N2O2S/c1-8-9(2)18-14(15-8)16-13(17)12-7-10-5-3-4-6-11(10)19-12/h3-6,12H,7H2,1-2H3,(H,15,16,17)/t12-/m1/s1. The van der Waals surface area contributed by atoms with Crippen LogP contribution in [-0.4, -0.2) is 16.1 Å². The predicted molar refractivity (Wildman–Crippen MR) is 74.4 cm³/mol. The van der Waals surface area contributed by atoms with Gasteiger partial charge < -0.3 is 4.42 Å². The molecule has 1 aliphatic heterocycles. The number of aryl methyl sites for hydroxylation is 2. The van der Waals surface area contributed by atoms with E-state index in [4.69, 9.17) is 4.42 Å². The van der Waals surface area contributed by atoms with Crippen LogP contribution in [0, 0.1) is 13.8 Å². The van der Waals surface area contributed by atoms with E-state index in [9.17, 15) is 4.79 Å². The lowest BCUT2D eigenvalue weighted by Crippen LogP contribution is -2.24. The molecule has 1 N–H and O–H groups in total. The van der Waals surface area contributed by atoms with E-state index in [-0.39, 0.29) is 17.2 Å². The van der Waals surface area contributed by atoms with Gasteiger partial charge in [0.15, 0.2) is 0 Å². The normalized spacial score (nSPS) is 17.3. The first-order valence-corrected chi connectivity index (χ1v) is 7.01. The molecule has 0 unspecified atom stereocenters. The fourth-order valence-corrected chi connectivity index (χ4v) is 3.24. The number of nitrogens with one attached hydrogen (secondary N) is 1. The first-order chi connectivity index (χ1) is 9.13. The quantitative estimate of drug-likeness (QED) is 0.914. The highest BCUT2D eigenvalue weighted by atomic mass is 32.2. The second kappa shape index (κ2) is 4.74. The molecule has 5 heteroatoms. The van der Waals surface area contributed by atoms with E-state index in [2.05, 4.69) is 16.4 Å². The average molecular weight is 274 g/mol. The molecule has 0 spiro atoms. The van der Waals surface area contributed by atoms with Crippen molar-refractivity contribution >= 4 is 23.7 Å². The first-order valence-electron chi connectivity index (χ1n) is 6.13. The van der Waals surface area contributed by atoms with Crippen LogP contribution < -0.4 is 5.32 Å². The highest BCUT2D eigenvalue weighted by molar-refractivity contribution is 8.01. The Balaban J connectivity index is 1.70. The summed E-state index contributed by atoms with van der Waals surface area (Å²) in [6.45, 7) is 3.69. The number of carbonyl (C=O) groups is 1. The smallest absolute Gasteiger partial charge is 0.301 e. The number of aromatic nitrogens is 1. The Hall–Kier alpha value is -1.75. The Kier molecular flexibility index (Phi) is 3.06. The number of oxazole rings is 1. The molecule has 4 nitrogen and oxygen atoms in total. The third-order valence-electron chi connectivity index (χ3n) is 3.20. The van der Waals surface area contributed by atoms with Crippen LogP contribution in [0.15, 0.2) is 33.6 Å². The summed E-state index contributed by atoms with van der Waals surface area (Å²) in [7, 11) is 0. The minimum Gasteiger partial charge on any atom is -0.428 e. The largest absolute Gasteiger partial charge is 0.428 e. The molecule has 3 rings (SSSR count). The molecule has 1 aliphatic rings. The highest BCUT2D eigenvalue weighted by Gasteiger charge is 2.28. The molecule has 1 amide bonds. The number of anilines is 1. The third-order valence-corrected chi connectivity index (χ3v) is 4.52. The summed E-state index contributed by atoms with van der Waals surface area (Å²) in [5, 5.41) is 2.64. The van der Waals surface area contributed by atoms with Gasteiger partial charge in [0.25, 0.3) is 0 Å². The monoisotopic (exact) mass is 274 g/mol. The molecule has 1 aromatic heterocycles. The molecule has 2 heterocycles. The van der Waals surface area contributed by atoms with Crippen molar-refractivity contribution in [1.82, 2.24) is 4.98 Å². The van der Waals surface area contributed by atoms with E-state index in [1.807, 2.05) is 32.0 Å². The Morgan fingerprint density at radius 1 is 1.42 bits per heavy atom. The lowest BCUT2D eigenvalue weighted by atomic mass is 10.1. The second-order valence-electron chi connectivity index (χ2n) is 4.57. The van der Waals surface area contributed by atoms with Crippen molar-refractivity contribution in [2.45, 2.75) is 30.4 Å². The Labute approximate surface area is 115 Å². The number of nitrogens with zero attached hydrogens (tertiary/aromatic N) is 1. The van der Waals surface area contributed by atoms with Crippen LogP contribution in [0.3, 0.4) is 0 Å². The van der Waals surface area contributed by atoms with Gasteiger partial charge >= 0.3 is 6.01 Å². The number of rotatable bonds is 2. The summed E-state index contributed by atoms with van der Waals surface area (Å²) < 4.78 is 5.37. The number of hydrogen-bond acceptors (Lipinski definition) is 4. The van der Waals surface area contributed by atoms with Gasteiger partial charge in [-0.2, -0.15) is 4.98 Å². The van der Waals surface area contributed by atoms with Crippen LogP contribution in [0.25, 0.3) is 0 Å². The van der Waals surface area contributed by atoms with Crippen molar-refractivity contribution in [2.75, 3.05) is 5.32 Å². The van der Waals surface area contributed by atoms with Gasteiger partial charge in [0.1, 0.15) is 5.76 Å². The number of hydrogen-bond donors (Lipinski definition) is 1. The first kappa shape index (κ1) is 12.3. The lowest BCUT2D eigenvalue weighted by molar-refractivity contribution is -0.115. The molecule has 0 saturated carbocycles. The maximum absolute atomic E-state index is 12.2. The van der Waals surface area contributed by atoms with Crippen molar-refractivity contribution < 1.29 is 9.21 Å². The summed E-state index contributed by atoms with van der Waals surface area (Å²) >= 11 is 1.59. The zero-order valence-corrected chi connectivity index (χ0v) is 11.6. The molecule has 0 radical (unpaired) electrons. The fourth-order valence-electron chi connectivity index (χ4n) is 2.04. The number of benzene rings is 1. The molecule has 19 heavy (non-hydrogen) atoms. The topological polar surface area (TPSA) is 55.1 Å². The number of fused-ring (bicyclic) bond motifs is 1. The van der Waals surface area contributed by atoms with Crippen LogP contribution in [0.1, 0.15) is 17.0 Å². The summed E-state index contributed by atoms with van der Waals surface area (Å²) in [5.74, 6) is 0.681. The maximum Gasteiger partial charge on any atom is 0.301 e. The molecule has 1 aromatic carbocycles. The molecule has 0 fully saturated rings. The summed E-state index contributed by atoms with van der Waals surface area (Å²) in [6.07, 6.45) is 0.755. The predicted octanol–water partition coefficient (Wildman–Crippen LogP) is 2.95. The molecule has 0 saturated heterocycles. The zero-order valence-electron chi connectivity index (χ0n) is 10.8. The van der Waals surface area contributed by atoms with Crippen molar-refractivity contribution in [3.05, 3.63) is 41.3 Å². The van der Waals surface area contributed by atoms with Crippen LogP contribution in [0.2, 0.25) is 0 Å². The molecule has 1 atom stereocenters. The molecular weight excluding hydrogens is 260 g/mol. The van der Waals surface area contributed by atoms with E-state index in [1.54, 1.807) is 11.8 Å². The molecule has 2 aromatic rings. The SMILES string of the molecule is Cc1nc(NC(=O)[C@H]2Cc3ccccc3S2)oc1C. The van der Waals surface area contributed by atoms with Crippen molar-refractivity contribution in [3.8, 4) is 0 Å². The summed E-state index contributed by atoms with van der Waals surface area (Å²) in [4.78, 5) is 17.5. The number of carbonyl (C=O) groups excluding carboxylic acids is 1. The maximum atomic E-state index is 12.2. The van der Waals surface area contributed by atoms with Gasteiger partial charge in [-0.25, -0.2) is 0 Å². The van der Waals surface area contributed by atoms with E-state index >= 15 is 0 Å². The summed E-state index contributed by atoms with van der Waals surface area (Å²) in [5.41, 5.74) is 2.03. The molecule has 98 valence electrons. The van der Waals surface area contributed by atoms with E-state index in [0.29, 0.717) is 0 Å². The van der Waals surface area contributed by atoms with Gasteiger partial charge in [-0.15, -0.1) is 11.8 Å². The average Bonchev–Trinajstić information content (AvgIpc) is 2.93. The van der Waals surface area contributed by atoms with Gasteiger partial charge in [-0.05, 0) is 31.9 Å². The summed E-state index contributed by atoms with van der Waals surface area (Å²) in [6, 6.07) is 8.39. The lowest BCUT2D eigenvalue weighted by Gasteiger charge is -2.06. The van der Waals surface area contributed by atoms with Gasteiger partial charge in [0.2, 0.25) is 5.91 Å². The fraction of sp³-hybridized carbons (Fsp3) is 0.286. The Bertz CT molecular complexity index is 592. The number of amides is 1. The molecular formula is C14H14N2O2S. The third kappa shape index (κ3) is 2.38. The van der Waals surface area contributed by atoms with Crippen LogP contribution in [0.5, 0.6) is 0 Å². The molecule has 0 aliphatic carbocycles. The minimum absolute atomic E-state index is 0.0533. The van der Waals surface area contributed by atoms with Gasteiger partial charge in [0.05, 0.1) is 10.9 Å². The zero-order chi connectivity index (χ0) is 13.4. The minimum atomic E-state index is -0.107. The van der Waals surface area contributed by atoms with Gasteiger partial charge in [-0.3, -0.25) is 10.1 Å². The van der Waals surface area contributed by atoms with E-state index in [0.717, 1.165) is 17.9 Å². The van der Waals surface area contributed by atoms with Crippen LogP contribution >= 0.6 is 11.8 Å². The molecule has 0 bridgehead atoms. The second-order valence-corrected chi connectivity index (χ2v) is 5.81. The van der Waals surface area contributed by atoms with Crippen LogP contribution in [0.4, 0.5) is 6.01 Å². The highest BCUT2D eigenvalue weighted by Crippen LogP contribution is 2.37. The number of thioether (sulfide) groups is 1.